The zero-order chi connectivity index (χ0) is 13.4. The molecule has 0 spiro atoms. The van der Waals surface area contributed by atoms with E-state index in [0.717, 1.165) is 11.3 Å². The monoisotopic (exact) mass is 245 g/mol. The number of azide groups is 1. The van der Waals surface area contributed by atoms with E-state index in [1.165, 1.54) is 6.92 Å². The second kappa shape index (κ2) is 7.14. The SMILES string of the molecule is COc1ccc(/C=C(\CCN=[N+]=[N-])C(C)=O)cc1. The van der Waals surface area contributed by atoms with Crippen LogP contribution in [0.15, 0.2) is 35.0 Å². The Kier molecular flexibility index (Phi) is 5.48. The van der Waals surface area contributed by atoms with Gasteiger partial charge in [0, 0.05) is 11.5 Å². The molecule has 0 radical (unpaired) electrons. The van der Waals surface area contributed by atoms with Gasteiger partial charge in [-0.3, -0.25) is 4.79 Å². The van der Waals surface area contributed by atoms with E-state index >= 15 is 0 Å². The molecule has 5 heteroatoms. The summed E-state index contributed by atoms with van der Waals surface area (Å²) < 4.78 is 5.06. The fourth-order valence-electron chi connectivity index (χ4n) is 1.47. The molecule has 0 fully saturated rings. The van der Waals surface area contributed by atoms with E-state index in [4.69, 9.17) is 10.3 Å². The Morgan fingerprint density at radius 1 is 1.44 bits per heavy atom. The summed E-state index contributed by atoms with van der Waals surface area (Å²) in [4.78, 5) is 14.1. The zero-order valence-electron chi connectivity index (χ0n) is 10.5. The lowest BCUT2D eigenvalue weighted by atomic mass is 10.0. The van der Waals surface area contributed by atoms with E-state index in [9.17, 15) is 4.79 Å². The standard InChI is InChI=1S/C13H15N3O2/c1-10(17)12(7-8-15-16-14)9-11-3-5-13(18-2)6-4-11/h3-6,9H,7-8H2,1-2H3/b12-9+. The van der Waals surface area contributed by atoms with Crippen LogP contribution in [0, 0.1) is 0 Å². The molecular formula is C13H15N3O2. The number of hydrogen-bond donors (Lipinski definition) is 0. The molecule has 0 aliphatic rings. The van der Waals surface area contributed by atoms with Gasteiger partial charge in [0.2, 0.25) is 0 Å². The number of ether oxygens (including phenoxy) is 1. The molecule has 18 heavy (non-hydrogen) atoms. The summed E-state index contributed by atoms with van der Waals surface area (Å²) in [5.41, 5.74) is 9.77. The molecule has 0 bridgehead atoms. The molecule has 0 saturated heterocycles. The van der Waals surface area contributed by atoms with Crippen LogP contribution in [-0.2, 0) is 4.79 Å². The summed E-state index contributed by atoms with van der Waals surface area (Å²) in [6.07, 6.45) is 2.25. The van der Waals surface area contributed by atoms with E-state index < -0.39 is 0 Å². The smallest absolute Gasteiger partial charge is 0.155 e. The molecule has 1 aromatic rings. The third kappa shape index (κ3) is 4.31. The molecular weight excluding hydrogens is 230 g/mol. The first-order valence-electron chi connectivity index (χ1n) is 5.53. The van der Waals surface area contributed by atoms with Crippen molar-refractivity contribution in [3.63, 3.8) is 0 Å². The third-order valence-corrected chi connectivity index (χ3v) is 2.45. The van der Waals surface area contributed by atoms with Crippen molar-refractivity contribution < 1.29 is 9.53 Å². The van der Waals surface area contributed by atoms with Crippen LogP contribution in [0.3, 0.4) is 0 Å². The fourth-order valence-corrected chi connectivity index (χ4v) is 1.47. The van der Waals surface area contributed by atoms with E-state index in [2.05, 4.69) is 10.0 Å². The maximum atomic E-state index is 11.4. The van der Waals surface area contributed by atoms with Gasteiger partial charge < -0.3 is 4.74 Å². The summed E-state index contributed by atoms with van der Waals surface area (Å²) in [5, 5.41) is 3.43. The molecule has 0 aliphatic carbocycles. The van der Waals surface area contributed by atoms with Gasteiger partial charge in [-0.2, -0.15) is 0 Å². The van der Waals surface area contributed by atoms with Gasteiger partial charge in [-0.1, -0.05) is 17.2 Å². The van der Waals surface area contributed by atoms with Crippen molar-refractivity contribution in [1.82, 2.24) is 0 Å². The maximum Gasteiger partial charge on any atom is 0.155 e. The van der Waals surface area contributed by atoms with Gasteiger partial charge in [0.25, 0.3) is 0 Å². The minimum absolute atomic E-state index is 0.0149. The fraction of sp³-hybridized carbons (Fsp3) is 0.308. The van der Waals surface area contributed by atoms with Crippen molar-refractivity contribution in [2.45, 2.75) is 13.3 Å². The van der Waals surface area contributed by atoms with Crippen molar-refractivity contribution in [3.8, 4) is 5.75 Å². The van der Waals surface area contributed by atoms with Crippen molar-refractivity contribution >= 4 is 11.9 Å². The number of nitrogens with zero attached hydrogens (tertiary/aromatic N) is 3. The molecule has 0 amide bonds. The van der Waals surface area contributed by atoms with Crippen molar-refractivity contribution in [2.75, 3.05) is 13.7 Å². The second-order valence-corrected chi connectivity index (χ2v) is 3.70. The number of carbonyl (C=O) groups excluding carboxylic acids is 1. The summed E-state index contributed by atoms with van der Waals surface area (Å²) in [7, 11) is 1.60. The largest absolute Gasteiger partial charge is 0.497 e. The Bertz CT molecular complexity index is 485. The highest BCUT2D eigenvalue weighted by atomic mass is 16.5. The van der Waals surface area contributed by atoms with Gasteiger partial charge in [0.15, 0.2) is 5.78 Å². The number of ketones is 1. The summed E-state index contributed by atoms with van der Waals surface area (Å²) in [6, 6.07) is 7.40. The van der Waals surface area contributed by atoms with E-state index in [1.54, 1.807) is 13.2 Å². The van der Waals surface area contributed by atoms with Crippen LogP contribution in [0.1, 0.15) is 18.9 Å². The van der Waals surface area contributed by atoms with Crippen LogP contribution in [-0.4, -0.2) is 19.4 Å². The van der Waals surface area contributed by atoms with Gasteiger partial charge in [-0.05, 0) is 48.2 Å². The van der Waals surface area contributed by atoms with Crippen LogP contribution in [0.2, 0.25) is 0 Å². The minimum atomic E-state index is -0.0149. The Labute approximate surface area is 106 Å². The van der Waals surface area contributed by atoms with Gasteiger partial charge in [0.1, 0.15) is 5.75 Å². The predicted molar refractivity (Wildman–Crippen MR) is 70.3 cm³/mol. The first kappa shape index (κ1) is 13.8. The second-order valence-electron chi connectivity index (χ2n) is 3.70. The van der Waals surface area contributed by atoms with Gasteiger partial charge in [-0.15, -0.1) is 0 Å². The number of benzene rings is 1. The summed E-state index contributed by atoms with van der Waals surface area (Å²) in [6.45, 7) is 1.80. The van der Waals surface area contributed by atoms with Crippen LogP contribution in [0.25, 0.3) is 16.5 Å². The maximum absolute atomic E-state index is 11.4. The van der Waals surface area contributed by atoms with Crippen LogP contribution < -0.4 is 4.74 Å². The van der Waals surface area contributed by atoms with Gasteiger partial charge >= 0.3 is 0 Å². The van der Waals surface area contributed by atoms with E-state index in [0.29, 0.717) is 12.0 Å². The zero-order valence-corrected chi connectivity index (χ0v) is 10.5. The number of hydrogen-bond acceptors (Lipinski definition) is 3. The lowest BCUT2D eigenvalue weighted by molar-refractivity contribution is -0.113. The average molecular weight is 245 g/mol. The lowest BCUT2D eigenvalue weighted by Gasteiger charge is -2.03. The highest BCUT2D eigenvalue weighted by Crippen LogP contribution is 2.15. The first-order valence-corrected chi connectivity index (χ1v) is 5.53. The lowest BCUT2D eigenvalue weighted by Crippen LogP contribution is -1.98. The molecule has 94 valence electrons. The van der Waals surface area contributed by atoms with Crippen molar-refractivity contribution in [3.05, 3.63) is 45.8 Å². The molecule has 0 aromatic heterocycles. The molecule has 1 aromatic carbocycles. The Morgan fingerprint density at radius 2 is 2.11 bits per heavy atom. The predicted octanol–water partition coefficient (Wildman–Crippen LogP) is 3.37. The normalized spacial score (nSPS) is 10.7. The van der Waals surface area contributed by atoms with E-state index in [-0.39, 0.29) is 12.3 Å². The number of Topliss-reactive ketones (excluding diaryl/α,β-unsaturated/α-hetero) is 1. The number of carbonyl (C=O) groups is 1. The Morgan fingerprint density at radius 3 is 2.61 bits per heavy atom. The molecule has 0 atom stereocenters. The number of methoxy groups -OCH3 is 1. The summed E-state index contributed by atoms with van der Waals surface area (Å²) in [5.74, 6) is 0.754. The molecule has 0 heterocycles. The Balaban J connectivity index is 2.85. The topological polar surface area (TPSA) is 75.1 Å². The first-order chi connectivity index (χ1) is 8.67. The van der Waals surface area contributed by atoms with Gasteiger partial charge in [-0.25, -0.2) is 0 Å². The highest BCUT2D eigenvalue weighted by Gasteiger charge is 2.03. The molecule has 1 rings (SSSR count). The Hall–Kier alpha value is -2.26. The van der Waals surface area contributed by atoms with Gasteiger partial charge in [0.05, 0.1) is 7.11 Å². The molecule has 5 nitrogen and oxygen atoms in total. The molecule has 0 saturated carbocycles. The van der Waals surface area contributed by atoms with Crippen molar-refractivity contribution in [2.24, 2.45) is 5.11 Å². The third-order valence-electron chi connectivity index (χ3n) is 2.45. The molecule has 0 aliphatic heterocycles. The molecule has 0 N–H and O–H groups in total. The van der Waals surface area contributed by atoms with Crippen LogP contribution >= 0.6 is 0 Å². The van der Waals surface area contributed by atoms with Crippen LogP contribution in [0.5, 0.6) is 5.75 Å². The highest BCUT2D eigenvalue weighted by molar-refractivity contribution is 5.97. The number of rotatable bonds is 6. The molecule has 0 unspecified atom stereocenters. The summed E-state index contributed by atoms with van der Waals surface area (Å²) >= 11 is 0. The van der Waals surface area contributed by atoms with Crippen LogP contribution in [0.4, 0.5) is 0 Å². The minimum Gasteiger partial charge on any atom is -0.497 e. The van der Waals surface area contributed by atoms with Crippen molar-refractivity contribution in [1.29, 1.82) is 0 Å². The average Bonchev–Trinajstić information content (AvgIpc) is 2.38. The van der Waals surface area contributed by atoms with E-state index in [1.807, 2.05) is 24.3 Å². The quantitative estimate of drug-likeness (QED) is 0.333.